The van der Waals surface area contributed by atoms with Gasteiger partial charge in [0.25, 0.3) is 0 Å². The summed E-state index contributed by atoms with van der Waals surface area (Å²) in [7, 11) is 0. The summed E-state index contributed by atoms with van der Waals surface area (Å²) in [4.78, 5) is 12.3. The number of hydrogen-bond acceptors (Lipinski definition) is 6. The number of fused-ring (bicyclic) bond motifs is 4. The second-order valence-electron chi connectivity index (χ2n) is 10.3. The number of ether oxygens (including phenoxy) is 1. The number of H-pyrrole nitrogens is 1. The standard InChI is InChI=1S/C20H28N4O3/c1(2-17-21-23-24-22-17)12-3-5-19(6-4-12)25-20(27-26-19)15-8-13-7-14-9-16(20)11-18(13,14)10-15/h12-16H,1-11H2,(H,21,22,23,24). The van der Waals surface area contributed by atoms with E-state index in [9.17, 15) is 0 Å². The van der Waals surface area contributed by atoms with Gasteiger partial charge in [-0.15, -0.1) is 10.2 Å². The Balaban J connectivity index is 1.04. The van der Waals surface area contributed by atoms with Crippen molar-refractivity contribution in [3.8, 4) is 0 Å². The Labute approximate surface area is 158 Å². The lowest BCUT2D eigenvalue weighted by atomic mass is 9.56. The summed E-state index contributed by atoms with van der Waals surface area (Å²) in [6, 6.07) is 0. The van der Waals surface area contributed by atoms with E-state index in [1.54, 1.807) is 0 Å². The molecule has 0 amide bonds. The number of hydrogen-bond donors (Lipinski definition) is 1. The van der Waals surface area contributed by atoms with E-state index < -0.39 is 11.6 Å². The van der Waals surface area contributed by atoms with Crippen LogP contribution in [0.15, 0.2) is 0 Å². The lowest BCUT2D eigenvalue weighted by Gasteiger charge is -2.49. The third kappa shape index (κ3) is 1.96. The van der Waals surface area contributed by atoms with E-state index in [0.29, 0.717) is 23.2 Å². The maximum absolute atomic E-state index is 6.86. The van der Waals surface area contributed by atoms with Crippen molar-refractivity contribution in [2.24, 2.45) is 35.0 Å². The minimum atomic E-state index is -0.488. The Bertz CT molecular complexity index is 720. The Hall–Kier alpha value is -1.05. The number of aryl methyl sites for hydroxylation is 1. The number of nitrogens with one attached hydrogen (secondary N) is 1. The van der Waals surface area contributed by atoms with Gasteiger partial charge in [0.15, 0.2) is 5.82 Å². The highest BCUT2D eigenvalue weighted by Crippen LogP contribution is 2.79. The Morgan fingerprint density at radius 2 is 1.70 bits per heavy atom. The molecule has 1 aliphatic heterocycles. The van der Waals surface area contributed by atoms with Crippen molar-refractivity contribution in [1.82, 2.24) is 20.6 Å². The maximum atomic E-state index is 6.86. The highest BCUT2D eigenvalue weighted by atomic mass is 17.3. The highest BCUT2D eigenvalue weighted by Gasteiger charge is 2.77. The fourth-order valence-electron chi connectivity index (χ4n) is 8.10. The van der Waals surface area contributed by atoms with Crippen LogP contribution in [0.1, 0.15) is 70.0 Å². The SMILES string of the molecule is C(CC1CCC2(CC1)OOC1(O2)C2CC3CC4CC1CC34C2)c1nn[nH]n1. The second-order valence-corrected chi connectivity index (χ2v) is 10.3. The third-order valence-corrected chi connectivity index (χ3v) is 9.43. The molecule has 6 fully saturated rings. The van der Waals surface area contributed by atoms with Gasteiger partial charge in [-0.2, -0.15) is 15.0 Å². The predicted octanol–water partition coefficient (Wildman–Crippen LogP) is 3.15. The van der Waals surface area contributed by atoms with Gasteiger partial charge in [0.1, 0.15) is 0 Å². The molecular formula is C20H28N4O3. The zero-order valence-corrected chi connectivity index (χ0v) is 15.7. The molecule has 4 unspecified atom stereocenters. The maximum Gasteiger partial charge on any atom is 0.210 e. The molecule has 5 aliphatic carbocycles. The Kier molecular flexibility index (Phi) is 2.99. The zero-order chi connectivity index (χ0) is 17.7. The summed E-state index contributed by atoms with van der Waals surface area (Å²) < 4.78 is 6.86. The van der Waals surface area contributed by atoms with Crippen molar-refractivity contribution in [2.75, 3.05) is 0 Å². The van der Waals surface area contributed by atoms with Gasteiger partial charge in [-0.3, -0.25) is 0 Å². The van der Waals surface area contributed by atoms with E-state index >= 15 is 0 Å². The van der Waals surface area contributed by atoms with Gasteiger partial charge in [-0.1, -0.05) is 5.21 Å². The summed E-state index contributed by atoms with van der Waals surface area (Å²) in [5.41, 5.74) is 0.676. The van der Waals surface area contributed by atoms with Crippen LogP contribution < -0.4 is 0 Å². The van der Waals surface area contributed by atoms with Gasteiger partial charge in [0.05, 0.1) is 0 Å². The lowest BCUT2D eigenvalue weighted by molar-refractivity contribution is -0.375. The molecule has 7 heteroatoms. The third-order valence-electron chi connectivity index (χ3n) is 9.43. The summed E-state index contributed by atoms with van der Waals surface area (Å²) in [6.45, 7) is 0. The molecule has 0 aromatic carbocycles. The van der Waals surface area contributed by atoms with E-state index in [-0.39, 0.29) is 0 Å². The van der Waals surface area contributed by atoms with Crippen molar-refractivity contribution in [1.29, 1.82) is 0 Å². The topological polar surface area (TPSA) is 82.1 Å². The Morgan fingerprint density at radius 1 is 0.963 bits per heavy atom. The fourth-order valence-corrected chi connectivity index (χ4v) is 8.10. The molecule has 1 aromatic heterocycles. The first kappa shape index (κ1) is 15.8. The van der Waals surface area contributed by atoms with Crippen LogP contribution in [0.4, 0.5) is 0 Å². The molecule has 3 spiro atoms. The van der Waals surface area contributed by atoms with E-state index in [2.05, 4.69) is 20.6 Å². The van der Waals surface area contributed by atoms with Crippen LogP contribution >= 0.6 is 0 Å². The first-order valence-corrected chi connectivity index (χ1v) is 11.0. The smallest absolute Gasteiger partial charge is 0.210 e. The summed E-state index contributed by atoms with van der Waals surface area (Å²) >= 11 is 0. The quantitative estimate of drug-likeness (QED) is 0.821. The monoisotopic (exact) mass is 372 g/mol. The summed E-state index contributed by atoms with van der Waals surface area (Å²) in [6.07, 6.45) is 12.9. The number of tetrazole rings is 1. The van der Waals surface area contributed by atoms with Crippen LogP contribution in [-0.2, 0) is 20.9 Å². The normalized spacial score (nSPS) is 54.7. The van der Waals surface area contributed by atoms with Gasteiger partial charge < -0.3 is 4.74 Å². The van der Waals surface area contributed by atoms with Crippen molar-refractivity contribution in [3.63, 3.8) is 0 Å². The molecule has 3 bridgehead atoms. The van der Waals surface area contributed by atoms with Crippen LogP contribution in [0, 0.1) is 35.0 Å². The molecule has 1 aromatic rings. The first-order chi connectivity index (χ1) is 13.2. The molecule has 7 nitrogen and oxygen atoms in total. The van der Waals surface area contributed by atoms with Gasteiger partial charge in [0, 0.05) is 31.1 Å². The first-order valence-electron chi connectivity index (χ1n) is 11.0. The molecular weight excluding hydrogens is 344 g/mol. The van der Waals surface area contributed by atoms with Crippen molar-refractivity contribution >= 4 is 0 Å². The minimum Gasteiger partial charge on any atom is -0.312 e. The van der Waals surface area contributed by atoms with E-state index in [1.165, 1.54) is 32.1 Å². The van der Waals surface area contributed by atoms with Crippen molar-refractivity contribution < 1.29 is 14.5 Å². The molecule has 146 valence electrons. The highest BCUT2D eigenvalue weighted by molar-refractivity contribution is 5.21. The summed E-state index contributed by atoms with van der Waals surface area (Å²) in [5, 5.41) is 14.3. The minimum absolute atomic E-state index is 0.426. The molecule has 2 heterocycles. The van der Waals surface area contributed by atoms with Crippen molar-refractivity contribution in [3.05, 3.63) is 5.82 Å². The Morgan fingerprint density at radius 3 is 2.41 bits per heavy atom. The average molecular weight is 372 g/mol. The molecule has 6 aliphatic rings. The average Bonchev–Trinajstić information content (AvgIpc) is 3.41. The van der Waals surface area contributed by atoms with Gasteiger partial charge in [-0.25, -0.2) is 0 Å². The van der Waals surface area contributed by atoms with Gasteiger partial charge in [-0.05, 0) is 74.5 Å². The molecule has 5 saturated carbocycles. The van der Waals surface area contributed by atoms with Crippen molar-refractivity contribution in [2.45, 2.75) is 82.2 Å². The second kappa shape index (κ2) is 5.10. The number of rotatable bonds is 3. The van der Waals surface area contributed by atoms with Gasteiger partial charge >= 0.3 is 0 Å². The number of aromatic nitrogens is 4. The van der Waals surface area contributed by atoms with Crippen LogP contribution in [-0.4, -0.2) is 32.2 Å². The lowest BCUT2D eigenvalue weighted by Crippen LogP contribution is -2.50. The number of nitrogens with zero attached hydrogens (tertiary/aromatic N) is 3. The number of aromatic amines is 1. The van der Waals surface area contributed by atoms with E-state index in [0.717, 1.165) is 56.2 Å². The molecule has 0 radical (unpaired) electrons. The molecule has 7 rings (SSSR count). The zero-order valence-electron chi connectivity index (χ0n) is 15.7. The van der Waals surface area contributed by atoms with Crippen LogP contribution in [0.5, 0.6) is 0 Å². The fraction of sp³-hybridized carbons (Fsp3) is 0.950. The summed E-state index contributed by atoms with van der Waals surface area (Å²) in [5.74, 6) is 3.60. The van der Waals surface area contributed by atoms with E-state index in [4.69, 9.17) is 14.5 Å². The van der Waals surface area contributed by atoms with Crippen LogP contribution in [0.25, 0.3) is 0 Å². The van der Waals surface area contributed by atoms with E-state index in [1.807, 2.05) is 0 Å². The largest absolute Gasteiger partial charge is 0.312 e. The predicted molar refractivity (Wildman–Crippen MR) is 92.7 cm³/mol. The van der Waals surface area contributed by atoms with Crippen LogP contribution in [0.2, 0.25) is 0 Å². The van der Waals surface area contributed by atoms with Crippen LogP contribution in [0.3, 0.4) is 0 Å². The molecule has 4 atom stereocenters. The molecule has 1 saturated heterocycles. The van der Waals surface area contributed by atoms with Gasteiger partial charge in [0.2, 0.25) is 11.6 Å². The molecule has 1 N–H and O–H groups in total. The molecule has 27 heavy (non-hydrogen) atoms.